The Morgan fingerprint density at radius 1 is 1.28 bits per heavy atom. The Morgan fingerprint density at radius 2 is 2.00 bits per heavy atom. The van der Waals surface area contributed by atoms with E-state index in [4.69, 9.17) is 6.57 Å². The van der Waals surface area contributed by atoms with Crippen molar-refractivity contribution in [1.29, 1.82) is 0 Å². The van der Waals surface area contributed by atoms with Crippen LogP contribution in [0.25, 0.3) is 4.85 Å². The Balaban J connectivity index is 2.25. The van der Waals surface area contributed by atoms with Gasteiger partial charge in [-0.2, -0.15) is 0 Å². The average molecular weight is 240 g/mol. The Bertz CT molecular complexity index is 550. The summed E-state index contributed by atoms with van der Waals surface area (Å²) >= 11 is 0. The van der Waals surface area contributed by atoms with Crippen LogP contribution in [0.15, 0.2) is 18.2 Å². The minimum atomic E-state index is -0.399. The van der Waals surface area contributed by atoms with E-state index in [0.29, 0.717) is 5.69 Å². The Labute approximate surface area is 107 Å². The lowest BCUT2D eigenvalue weighted by atomic mass is 9.69. The van der Waals surface area contributed by atoms with Gasteiger partial charge in [-0.1, -0.05) is 31.4 Å². The highest BCUT2D eigenvalue weighted by atomic mass is 16.2. The summed E-state index contributed by atoms with van der Waals surface area (Å²) in [5, 5.41) is 0. The second-order valence-electron chi connectivity index (χ2n) is 5.29. The predicted octanol–water partition coefficient (Wildman–Crippen LogP) is 3.42. The molecule has 2 aliphatic rings. The number of benzene rings is 1. The molecule has 0 bridgehead atoms. The molecule has 1 heterocycles. The lowest BCUT2D eigenvalue weighted by molar-refractivity contribution is -0.124. The third kappa shape index (κ3) is 1.26. The van der Waals surface area contributed by atoms with Crippen LogP contribution >= 0.6 is 0 Å². The molecule has 3 rings (SSSR count). The highest BCUT2D eigenvalue weighted by molar-refractivity contribution is 6.09. The van der Waals surface area contributed by atoms with Crippen molar-refractivity contribution < 1.29 is 4.79 Å². The number of rotatable bonds is 0. The third-order valence-electron chi connectivity index (χ3n) is 4.40. The van der Waals surface area contributed by atoms with E-state index in [1.165, 1.54) is 6.42 Å². The van der Waals surface area contributed by atoms with Crippen LogP contribution < -0.4 is 4.90 Å². The number of anilines is 1. The molecule has 0 saturated heterocycles. The molecule has 1 aliphatic carbocycles. The molecular weight excluding hydrogens is 224 g/mol. The first-order chi connectivity index (χ1) is 8.70. The third-order valence-corrected chi connectivity index (χ3v) is 4.40. The molecule has 1 saturated carbocycles. The molecule has 1 aromatic rings. The number of likely N-dealkylation sites (N-methyl/N-ethyl adjacent to an activating group) is 1. The van der Waals surface area contributed by atoms with Gasteiger partial charge in [0.05, 0.1) is 12.0 Å². The largest absolute Gasteiger partial charge is 0.316 e. The lowest BCUT2D eigenvalue weighted by Crippen LogP contribution is -2.40. The molecule has 0 unspecified atom stereocenters. The Hall–Kier alpha value is -1.82. The highest BCUT2D eigenvalue weighted by Gasteiger charge is 2.50. The molecule has 3 nitrogen and oxygen atoms in total. The van der Waals surface area contributed by atoms with Gasteiger partial charge >= 0.3 is 0 Å². The van der Waals surface area contributed by atoms with Crippen molar-refractivity contribution in [1.82, 2.24) is 0 Å². The zero-order chi connectivity index (χ0) is 12.8. The van der Waals surface area contributed by atoms with Gasteiger partial charge in [-0.05, 0) is 24.5 Å². The van der Waals surface area contributed by atoms with Gasteiger partial charge in [0.25, 0.3) is 0 Å². The van der Waals surface area contributed by atoms with E-state index in [9.17, 15) is 4.79 Å². The van der Waals surface area contributed by atoms with Crippen molar-refractivity contribution in [3.05, 3.63) is 35.2 Å². The maximum absolute atomic E-state index is 12.6. The predicted molar refractivity (Wildman–Crippen MR) is 70.9 cm³/mol. The van der Waals surface area contributed by atoms with E-state index in [-0.39, 0.29) is 5.91 Å². The number of amides is 1. The highest BCUT2D eigenvalue weighted by Crippen LogP contribution is 2.52. The fourth-order valence-corrected chi connectivity index (χ4v) is 3.55. The summed E-state index contributed by atoms with van der Waals surface area (Å²) in [5.41, 5.74) is 2.19. The average Bonchev–Trinajstić information content (AvgIpc) is 2.63. The number of fused-ring (bicyclic) bond motifs is 2. The molecule has 1 fully saturated rings. The van der Waals surface area contributed by atoms with Gasteiger partial charge in [0.1, 0.15) is 0 Å². The number of carbonyl (C=O) groups excluding carboxylic acids is 1. The molecular formula is C15H16N2O. The van der Waals surface area contributed by atoms with Crippen molar-refractivity contribution in [3.8, 4) is 0 Å². The molecule has 0 atom stereocenters. The van der Waals surface area contributed by atoms with Crippen LogP contribution in [-0.2, 0) is 10.2 Å². The maximum Gasteiger partial charge on any atom is 0.236 e. The van der Waals surface area contributed by atoms with Gasteiger partial charge in [-0.25, -0.2) is 4.85 Å². The fraction of sp³-hybridized carbons (Fsp3) is 0.467. The van der Waals surface area contributed by atoms with E-state index >= 15 is 0 Å². The van der Waals surface area contributed by atoms with E-state index < -0.39 is 5.41 Å². The quantitative estimate of drug-likeness (QED) is 0.638. The van der Waals surface area contributed by atoms with E-state index in [1.54, 1.807) is 4.90 Å². The zero-order valence-corrected chi connectivity index (χ0v) is 10.6. The normalized spacial score (nSPS) is 20.9. The van der Waals surface area contributed by atoms with Crippen LogP contribution in [0.2, 0.25) is 0 Å². The first-order valence-corrected chi connectivity index (χ1v) is 6.50. The van der Waals surface area contributed by atoms with Gasteiger partial charge in [-0.15, -0.1) is 0 Å². The SMILES string of the molecule is [C-]#[N+]c1cccc2c1C1(CCCCC1)C(=O)N2C. The molecule has 0 aromatic heterocycles. The van der Waals surface area contributed by atoms with Crippen molar-refractivity contribution in [3.63, 3.8) is 0 Å². The molecule has 1 aromatic carbocycles. The molecule has 1 amide bonds. The summed E-state index contributed by atoms with van der Waals surface area (Å²) in [6.45, 7) is 7.34. The van der Waals surface area contributed by atoms with E-state index in [2.05, 4.69) is 4.85 Å². The Morgan fingerprint density at radius 3 is 2.67 bits per heavy atom. The van der Waals surface area contributed by atoms with Crippen LogP contribution in [0.3, 0.4) is 0 Å². The zero-order valence-electron chi connectivity index (χ0n) is 10.6. The molecule has 1 spiro atoms. The minimum Gasteiger partial charge on any atom is -0.316 e. The first kappa shape index (κ1) is 11.3. The van der Waals surface area contributed by atoms with Crippen LogP contribution in [-0.4, -0.2) is 13.0 Å². The summed E-state index contributed by atoms with van der Waals surface area (Å²) in [5.74, 6) is 0.188. The first-order valence-electron chi connectivity index (χ1n) is 6.50. The molecule has 0 radical (unpaired) electrons. The van der Waals surface area contributed by atoms with Crippen LogP contribution in [0.4, 0.5) is 11.4 Å². The van der Waals surface area contributed by atoms with Gasteiger partial charge in [-0.3, -0.25) is 4.79 Å². The summed E-state index contributed by atoms with van der Waals surface area (Å²) in [7, 11) is 1.83. The maximum atomic E-state index is 12.6. The second kappa shape index (κ2) is 3.84. The van der Waals surface area contributed by atoms with E-state index in [1.807, 2.05) is 25.2 Å². The number of nitrogens with zero attached hydrogens (tertiary/aromatic N) is 2. The van der Waals surface area contributed by atoms with Crippen molar-refractivity contribution in [2.24, 2.45) is 0 Å². The topological polar surface area (TPSA) is 24.7 Å². The molecule has 3 heteroatoms. The molecule has 0 N–H and O–H groups in total. The van der Waals surface area contributed by atoms with Crippen LogP contribution in [0, 0.1) is 6.57 Å². The number of carbonyl (C=O) groups is 1. The second-order valence-corrected chi connectivity index (χ2v) is 5.29. The molecule has 18 heavy (non-hydrogen) atoms. The monoisotopic (exact) mass is 240 g/mol. The lowest BCUT2D eigenvalue weighted by Gasteiger charge is -2.32. The summed E-state index contributed by atoms with van der Waals surface area (Å²) in [4.78, 5) is 18.0. The summed E-state index contributed by atoms with van der Waals surface area (Å²) in [6, 6.07) is 5.68. The minimum absolute atomic E-state index is 0.188. The molecule has 92 valence electrons. The van der Waals surface area contributed by atoms with Crippen molar-refractivity contribution >= 4 is 17.3 Å². The summed E-state index contributed by atoms with van der Waals surface area (Å²) in [6.07, 6.45) is 5.18. The Kier molecular flexibility index (Phi) is 2.41. The molecule has 1 aliphatic heterocycles. The smallest absolute Gasteiger partial charge is 0.236 e. The van der Waals surface area contributed by atoms with Crippen molar-refractivity contribution in [2.75, 3.05) is 11.9 Å². The van der Waals surface area contributed by atoms with Gasteiger partial charge < -0.3 is 4.90 Å². The van der Waals surface area contributed by atoms with Crippen LogP contribution in [0.5, 0.6) is 0 Å². The van der Waals surface area contributed by atoms with Crippen molar-refractivity contribution in [2.45, 2.75) is 37.5 Å². The summed E-state index contributed by atoms with van der Waals surface area (Å²) < 4.78 is 0. The number of hydrogen-bond acceptors (Lipinski definition) is 1. The van der Waals surface area contributed by atoms with Crippen LogP contribution in [0.1, 0.15) is 37.7 Å². The standard InChI is InChI=1S/C15H16N2O/c1-16-11-7-6-8-12-13(11)15(14(18)17(12)2)9-4-3-5-10-15/h6-8H,3-5,9-10H2,2H3. The van der Waals surface area contributed by atoms with Gasteiger partial charge in [0.15, 0.2) is 5.69 Å². The van der Waals surface area contributed by atoms with E-state index in [0.717, 1.165) is 36.9 Å². The fourth-order valence-electron chi connectivity index (χ4n) is 3.55. The van der Waals surface area contributed by atoms with Gasteiger partial charge in [0, 0.05) is 12.7 Å². The van der Waals surface area contributed by atoms with Gasteiger partial charge in [0.2, 0.25) is 5.91 Å². The number of hydrogen-bond donors (Lipinski definition) is 0.